The van der Waals surface area contributed by atoms with Crippen molar-refractivity contribution >= 4 is 5.96 Å². The normalized spacial score (nSPS) is 29.3. The molecule has 3 heterocycles. The molecule has 0 aromatic heterocycles. The van der Waals surface area contributed by atoms with Gasteiger partial charge in [-0.15, -0.1) is 0 Å². The number of ether oxygens (including phenoxy) is 1. The van der Waals surface area contributed by atoms with E-state index in [-0.39, 0.29) is 0 Å². The van der Waals surface area contributed by atoms with Crippen molar-refractivity contribution in [1.29, 1.82) is 0 Å². The fourth-order valence-electron chi connectivity index (χ4n) is 3.97. The van der Waals surface area contributed by atoms with Gasteiger partial charge < -0.3 is 20.7 Å². The van der Waals surface area contributed by atoms with Gasteiger partial charge in [0.25, 0.3) is 0 Å². The summed E-state index contributed by atoms with van der Waals surface area (Å²) in [5.74, 6) is 1.31. The maximum Gasteiger partial charge on any atom is 0.202 e. The number of hydrogen-bond donors (Lipinski definition) is 3. The van der Waals surface area contributed by atoms with Crippen molar-refractivity contribution in [2.24, 2.45) is 16.5 Å². The highest BCUT2D eigenvalue weighted by Gasteiger charge is 2.32. The molecule has 0 radical (unpaired) electrons. The fourth-order valence-corrected chi connectivity index (χ4v) is 3.97. The quantitative estimate of drug-likeness (QED) is 0.724. The van der Waals surface area contributed by atoms with Crippen LogP contribution in [-0.2, 0) is 10.4 Å². The first-order chi connectivity index (χ1) is 13.0. The summed E-state index contributed by atoms with van der Waals surface area (Å²) < 4.78 is 5.77. The second-order valence-corrected chi connectivity index (χ2v) is 7.77. The Labute approximate surface area is 161 Å². The zero-order valence-electron chi connectivity index (χ0n) is 16.0. The predicted molar refractivity (Wildman–Crippen MR) is 107 cm³/mol. The third kappa shape index (κ3) is 4.10. The average molecular weight is 371 g/mol. The summed E-state index contributed by atoms with van der Waals surface area (Å²) in [7, 11) is 0. The molecule has 2 saturated heterocycles. The average Bonchev–Trinajstić information content (AvgIpc) is 3.15. The third-order valence-corrected chi connectivity index (χ3v) is 5.59. The third-order valence-electron chi connectivity index (χ3n) is 5.59. The second kappa shape index (κ2) is 7.50. The largest absolute Gasteiger partial charge is 0.385 e. The van der Waals surface area contributed by atoms with Crippen LogP contribution in [0.2, 0.25) is 0 Å². The van der Waals surface area contributed by atoms with E-state index < -0.39 is 5.66 Å². The zero-order chi connectivity index (χ0) is 18.9. The molecule has 5 N–H and O–H groups in total. The summed E-state index contributed by atoms with van der Waals surface area (Å²) in [5, 5.41) is 3.20. The summed E-state index contributed by atoms with van der Waals surface area (Å²) in [6.07, 6.45) is 4.56. The van der Waals surface area contributed by atoms with Crippen molar-refractivity contribution in [3.63, 3.8) is 0 Å². The van der Waals surface area contributed by atoms with Gasteiger partial charge in [0.1, 0.15) is 5.82 Å². The number of nitrogens with zero attached hydrogens (tertiary/aromatic N) is 3. The Morgan fingerprint density at radius 3 is 2.63 bits per heavy atom. The standard InChI is InChI=1S/C20H30N6O/c1-15-4-6-16(7-5-15)20(22)13-18(21)23-19(24-20)26-10-8-25(9-11-26)14-17-3-2-12-27-17/h4-7,13,17H,2-3,8-12,14,21-22H2,1H3,(H,23,24). The van der Waals surface area contributed by atoms with Crippen LogP contribution in [0.3, 0.4) is 0 Å². The monoisotopic (exact) mass is 370 g/mol. The molecule has 2 fully saturated rings. The van der Waals surface area contributed by atoms with Gasteiger partial charge in [-0.2, -0.15) is 0 Å². The first kappa shape index (κ1) is 18.3. The molecule has 7 heteroatoms. The van der Waals surface area contributed by atoms with Crippen LogP contribution in [0, 0.1) is 6.92 Å². The summed E-state index contributed by atoms with van der Waals surface area (Å²) >= 11 is 0. The van der Waals surface area contributed by atoms with E-state index in [2.05, 4.69) is 34.2 Å². The maximum absolute atomic E-state index is 6.62. The number of aryl methyl sites for hydroxylation is 1. The van der Waals surface area contributed by atoms with Gasteiger partial charge in [-0.25, -0.2) is 4.99 Å². The number of piperazine rings is 1. The minimum Gasteiger partial charge on any atom is -0.385 e. The van der Waals surface area contributed by atoms with Crippen molar-refractivity contribution in [3.8, 4) is 0 Å². The predicted octanol–water partition coefficient (Wildman–Crippen LogP) is 0.662. The highest BCUT2D eigenvalue weighted by molar-refractivity contribution is 5.83. The van der Waals surface area contributed by atoms with E-state index in [1.807, 2.05) is 12.1 Å². The fraction of sp³-hybridized carbons (Fsp3) is 0.550. The van der Waals surface area contributed by atoms with Gasteiger partial charge in [-0.1, -0.05) is 29.8 Å². The molecule has 27 heavy (non-hydrogen) atoms. The number of hydrogen-bond acceptors (Lipinski definition) is 7. The summed E-state index contributed by atoms with van der Waals surface area (Å²) in [6, 6.07) is 8.14. The number of aliphatic imine (C=N–C) groups is 1. The summed E-state index contributed by atoms with van der Waals surface area (Å²) in [6.45, 7) is 7.78. The van der Waals surface area contributed by atoms with Gasteiger partial charge in [-0.3, -0.25) is 10.6 Å². The van der Waals surface area contributed by atoms with E-state index in [1.165, 1.54) is 18.4 Å². The molecule has 1 aromatic carbocycles. The number of benzene rings is 1. The number of rotatable bonds is 3. The molecule has 2 atom stereocenters. The van der Waals surface area contributed by atoms with Gasteiger partial charge in [0, 0.05) is 45.4 Å². The van der Waals surface area contributed by atoms with Crippen LogP contribution in [0.5, 0.6) is 0 Å². The molecule has 7 nitrogen and oxygen atoms in total. The van der Waals surface area contributed by atoms with Crippen LogP contribution in [0.15, 0.2) is 41.2 Å². The SMILES string of the molecule is Cc1ccc(C2(N)C=C(N)NC(N3CCN(CC4CCCO4)CC3)=N2)cc1. The Balaban J connectivity index is 1.44. The maximum atomic E-state index is 6.62. The van der Waals surface area contributed by atoms with Gasteiger partial charge in [0.2, 0.25) is 5.96 Å². The van der Waals surface area contributed by atoms with Crippen molar-refractivity contribution in [2.75, 3.05) is 39.3 Å². The highest BCUT2D eigenvalue weighted by Crippen LogP contribution is 2.25. The Bertz CT molecular complexity index is 716. The van der Waals surface area contributed by atoms with E-state index in [9.17, 15) is 0 Å². The first-order valence-corrected chi connectivity index (χ1v) is 9.82. The van der Waals surface area contributed by atoms with Gasteiger partial charge >= 0.3 is 0 Å². The number of nitrogens with one attached hydrogen (secondary N) is 1. The van der Waals surface area contributed by atoms with Gasteiger partial charge in [0.15, 0.2) is 5.66 Å². The summed E-state index contributed by atoms with van der Waals surface area (Å²) in [4.78, 5) is 9.54. The van der Waals surface area contributed by atoms with Gasteiger partial charge in [0.05, 0.1) is 6.10 Å². The topological polar surface area (TPSA) is 92.1 Å². The lowest BCUT2D eigenvalue weighted by Crippen LogP contribution is -2.56. The van der Waals surface area contributed by atoms with E-state index in [4.69, 9.17) is 21.2 Å². The lowest BCUT2D eigenvalue weighted by atomic mass is 9.98. The van der Waals surface area contributed by atoms with Crippen LogP contribution in [0.4, 0.5) is 0 Å². The molecule has 0 bridgehead atoms. The lowest BCUT2D eigenvalue weighted by Gasteiger charge is -2.39. The van der Waals surface area contributed by atoms with E-state index >= 15 is 0 Å². The minimum atomic E-state index is -0.937. The Kier molecular flexibility index (Phi) is 5.08. The molecule has 3 aliphatic heterocycles. The minimum absolute atomic E-state index is 0.401. The zero-order valence-corrected chi connectivity index (χ0v) is 16.0. The van der Waals surface area contributed by atoms with E-state index in [1.54, 1.807) is 6.08 Å². The van der Waals surface area contributed by atoms with Crippen molar-refractivity contribution in [1.82, 2.24) is 15.1 Å². The Morgan fingerprint density at radius 1 is 1.22 bits per heavy atom. The molecule has 0 amide bonds. The molecule has 0 aliphatic carbocycles. The van der Waals surface area contributed by atoms with Crippen molar-refractivity contribution in [2.45, 2.75) is 31.5 Å². The Hall–Kier alpha value is -2.09. The van der Waals surface area contributed by atoms with Crippen LogP contribution < -0.4 is 16.8 Å². The molecule has 4 rings (SSSR count). The number of nitrogens with two attached hydrogens (primary N) is 2. The van der Waals surface area contributed by atoms with E-state index in [0.717, 1.165) is 50.9 Å². The van der Waals surface area contributed by atoms with Crippen LogP contribution >= 0.6 is 0 Å². The van der Waals surface area contributed by atoms with Crippen LogP contribution in [0.1, 0.15) is 24.0 Å². The summed E-state index contributed by atoms with van der Waals surface area (Å²) in [5.41, 5.74) is 14.0. The molecule has 1 aromatic rings. The van der Waals surface area contributed by atoms with E-state index in [0.29, 0.717) is 11.9 Å². The molecular formula is C20H30N6O. The van der Waals surface area contributed by atoms with Crippen molar-refractivity contribution < 1.29 is 4.74 Å². The Morgan fingerprint density at radius 2 is 1.96 bits per heavy atom. The molecule has 2 unspecified atom stereocenters. The molecule has 0 spiro atoms. The smallest absolute Gasteiger partial charge is 0.202 e. The molecule has 3 aliphatic rings. The molecule has 0 saturated carbocycles. The van der Waals surface area contributed by atoms with Crippen LogP contribution in [-0.4, -0.2) is 61.2 Å². The molecular weight excluding hydrogens is 340 g/mol. The lowest BCUT2D eigenvalue weighted by molar-refractivity contribution is 0.0599. The van der Waals surface area contributed by atoms with Gasteiger partial charge in [-0.05, 0) is 25.3 Å². The highest BCUT2D eigenvalue weighted by atomic mass is 16.5. The first-order valence-electron chi connectivity index (χ1n) is 9.82. The second-order valence-electron chi connectivity index (χ2n) is 7.77. The molecule has 146 valence electrons. The van der Waals surface area contributed by atoms with Crippen LogP contribution in [0.25, 0.3) is 0 Å². The van der Waals surface area contributed by atoms with Crippen molar-refractivity contribution in [3.05, 3.63) is 47.3 Å². The number of guanidine groups is 1.